The molecule has 0 bridgehead atoms. The van der Waals surface area contributed by atoms with Crippen LogP contribution >= 0.6 is 7.71 Å². The fourth-order valence-electron chi connectivity index (χ4n) is 0.979. The fraction of sp³-hybridized carbons (Fsp3) is 1.00. The van der Waals surface area contributed by atoms with Crippen LogP contribution in [0.1, 0.15) is 0 Å². The molecule has 11 heavy (non-hydrogen) atoms. The second kappa shape index (κ2) is 3.78. The van der Waals surface area contributed by atoms with Gasteiger partial charge < -0.3 is 0 Å². The maximum atomic E-state index is 9.42. The summed E-state index contributed by atoms with van der Waals surface area (Å²) in [5, 5.41) is 9.42. The van der Waals surface area contributed by atoms with Crippen LogP contribution in [0.4, 0.5) is 0 Å². The zero-order valence-electron chi connectivity index (χ0n) is 8.29. The van der Waals surface area contributed by atoms with Crippen LogP contribution in [0.15, 0.2) is 0 Å². The second-order valence-corrected chi connectivity index (χ2v) is 7.66. The van der Waals surface area contributed by atoms with E-state index >= 15 is 0 Å². The van der Waals surface area contributed by atoms with Gasteiger partial charge in [-0.3, -0.25) is 0 Å². The van der Waals surface area contributed by atoms with Crippen molar-refractivity contribution in [1.29, 1.82) is 0 Å². The predicted octanol–water partition coefficient (Wildman–Crippen LogP) is 0.555. The molecule has 0 heterocycles. The molecule has 0 aliphatic heterocycles. The summed E-state index contributed by atoms with van der Waals surface area (Å²) in [6, 6.07) is 0. The SMILES string of the molecule is CN(C)[PH](C)(N(C)C)N(C)O. The fourth-order valence-corrected chi connectivity index (χ4v) is 2.94. The molecule has 5 heteroatoms. The summed E-state index contributed by atoms with van der Waals surface area (Å²) >= 11 is 0. The molecule has 0 aliphatic carbocycles. The van der Waals surface area contributed by atoms with Gasteiger partial charge in [0, 0.05) is 0 Å². The van der Waals surface area contributed by atoms with Crippen LogP contribution in [0.2, 0.25) is 0 Å². The van der Waals surface area contributed by atoms with Crippen LogP contribution in [0.3, 0.4) is 0 Å². The van der Waals surface area contributed by atoms with Gasteiger partial charge in [0.05, 0.1) is 0 Å². The molecule has 0 aromatic rings. The molecule has 1 N–H and O–H groups in total. The summed E-state index contributed by atoms with van der Waals surface area (Å²) in [5.41, 5.74) is 0. The quantitative estimate of drug-likeness (QED) is 0.509. The van der Waals surface area contributed by atoms with Gasteiger partial charge in [-0.25, -0.2) is 0 Å². The van der Waals surface area contributed by atoms with Crippen LogP contribution in [0.5, 0.6) is 0 Å². The molecule has 70 valence electrons. The van der Waals surface area contributed by atoms with Crippen LogP contribution in [0, 0.1) is 0 Å². The molecular weight excluding hydrogens is 161 g/mol. The van der Waals surface area contributed by atoms with E-state index in [4.69, 9.17) is 0 Å². The summed E-state index contributed by atoms with van der Waals surface area (Å²) in [5.74, 6) is 0. The van der Waals surface area contributed by atoms with Crippen molar-refractivity contribution in [1.82, 2.24) is 14.2 Å². The summed E-state index contributed by atoms with van der Waals surface area (Å²) in [7, 11) is 7.71. The average molecular weight is 181 g/mol. The molecule has 0 fully saturated rings. The minimum absolute atomic E-state index is 1.33. The third-order valence-electron chi connectivity index (χ3n) is 2.31. The molecule has 4 nitrogen and oxygen atoms in total. The Morgan fingerprint density at radius 3 is 1.18 bits per heavy atom. The topological polar surface area (TPSA) is 30.0 Å². The Morgan fingerprint density at radius 2 is 1.18 bits per heavy atom. The summed E-state index contributed by atoms with van der Waals surface area (Å²) in [6.07, 6.45) is 0. The number of hydroxylamine groups is 1. The Balaban J connectivity index is 4.53. The summed E-state index contributed by atoms with van der Waals surface area (Å²) in [4.78, 5) is 1.33. The Hall–Kier alpha value is 0.270. The maximum absolute atomic E-state index is 9.42. The molecule has 0 aromatic heterocycles. The first-order chi connectivity index (χ1) is 4.83. The van der Waals surface area contributed by atoms with Crippen molar-refractivity contribution in [3.05, 3.63) is 0 Å². The molecular formula is C6H20N3OP. The Morgan fingerprint density at radius 1 is 0.909 bits per heavy atom. The minimum atomic E-state index is -1.93. The van der Waals surface area contributed by atoms with Gasteiger partial charge in [-0.05, 0) is 0 Å². The monoisotopic (exact) mass is 181 g/mol. The second-order valence-electron chi connectivity index (χ2n) is 3.28. The Bertz CT molecular complexity index is 105. The van der Waals surface area contributed by atoms with Crippen molar-refractivity contribution in [3.8, 4) is 0 Å². The van der Waals surface area contributed by atoms with Crippen molar-refractivity contribution in [2.24, 2.45) is 0 Å². The number of rotatable bonds is 3. The molecule has 0 aromatic carbocycles. The van der Waals surface area contributed by atoms with Gasteiger partial charge in [0.1, 0.15) is 0 Å². The van der Waals surface area contributed by atoms with Gasteiger partial charge in [0.2, 0.25) is 0 Å². The van der Waals surface area contributed by atoms with Crippen LogP contribution in [-0.2, 0) is 0 Å². The van der Waals surface area contributed by atoms with Crippen molar-refractivity contribution in [3.63, 3.8) is 0 Å². The Kier molecular flexibility index (Phi) is 3.88. The van der Waals surface area contributed by atoms with Gasteiger partial charge in [-0.1, -0.05) is 0 Å². The van der Waals surface area contributed by atoms with Gasteiger partial charge in [0.15, 0.2) is 0 Å². The standard InChI is InChI=1S/C6H20N3OP/c1-7(2)11(6,8(3)4)9(5)10/h10-11H,1-6H3. The first-order valence-electron chi connectivity index (χ1n) is 3.61. The first kappa shape index (κ1) is 11.3. The molecule has 0 unspecified atom stereocenters. The normalized spacial score (nSPS) is 15.1. The summed E-state index contributed by atoms with van der Waals surface area (Å²) in [6.45, 7) is 2.08. The molecule has 0 saturated carbocycles. The van der Waals surface area contributed by atoms with E-state index in [0.717, 1.165) is 0 Å². The van der Waals surface area contributed by atoms with Crippen molar-refractivity contribution in [2.75, 3.05) is 41.9 Å². The van der Waals surface area contributed by atoms with E-state index in [9.17, 15) is 5.21 Å². The first-order valence-corrected chi connectivity index (χ1v) is 5.95. The van der Waals surface area contributed by atoms with Gasteiger partial charge >= 0.3 is 69.0 Å². The van der Waals surface area contributed by atoms with Crippen molar-refractivity contribution in [2.45, 2.75) is 0 Å². The third kappa shape index (κ3) is 2.10. The summed E-state index contributed by atoms with van der Waals surface area (Å²) < 4.78 is 4.15. The molecule has 0 aliphatic rings. The van der Waals surface area contributed by atoms with Crippen LogP contribution in [-0.4, -0.2) is 61.3 Å². The molecule has 0 amide bonds. The van der Waals surface area contributed by atoms with E-state index in [0.29, 0.717) is 0 Å². The molecule has 0 atom stereocenters. The van der Waals surface area contributed by atoms with Gasteiger partial charge in [0.25, 0.3) is 0 Å². The number of hydrogen-bond acceptors (Lipinski definition) is 4. The van der Waals surface area contributed by atoms with E-state index in [2.05, 4.69) is 16.0 Å². The molecule has 0 radical (unpaired) electrons. The van der Waals surface area contributed by atoms with Crippen molar-refractivity contribution >= 4 is 7.71 Å². The van der Waals surface area contributed by atoms with E-state index in [1.165, 1.54) is 4.83 Å². The van der Waals surface area contributed by atoms with Crippen LogP contribution < -0.4 is 0 Å². The number of hydrogen-bond donors (Lipinski definition) is 1. The Labute approximate surface area is 69.8 Å². The van der Waals surface area contributed by atoms with Gasteiger partial charge in [-0.15, -0.1) is 0 Å². The molecule has 0 rings (SSSR count). The van der Waals surface area contributed by atoms with E-state index in [1.807, 2.05) is 28.2 Å². The zero-order valence-corrected chi connectivity index (χ0v) is 9.29. The van der Waals surface area contributed by atoms with E-state index in [1.54, 1.807) is 7.05 Å². The van der Waals surface area contributed by atoms with Gasteiger partial charge in [-0.2, -0.15) is 0 Å². The van der Waals surface area contributed by atoms with E-state index < -0.39 is 7.71 Å². The van der Waals surface area contributed by atoms with Crippen LogP contribution in [0.25, 0.3) is 0 Å². The molecule has 0 saturated heterocycles. The van der Waals surface area contributed by atoms with E-state index in [-0.39, 0.29) is 0 Å². The third-order valence-corrected chi connectivity index (χ3v) is 6.92. The number of nitrogens with zero attached hydrogens (tertiary/aromatic N) is 3. The average Bonchev–Trinajstić information content (AvgIpc) is 1.84. The van der Waals surface area contributed by atoms with Crippen molar-refractivity contribution < 1.29 is 5.21 Å². The molecule has 0 spiro atoms. The zero-order chi connectivity index (χ0) is 9.23. The predicted molar refractivity (Wildman–Crippen MR) is 51.2 cm³/mol.